The van der Waals surface area contributed by atoms with Crippen molar-refractivity contribution in [3.05, 3.63) is 35.4 Å². The first-order valence-electron chi connectivity index (χ1n) is 6.97. The van der Waals surface area contributed by atoms with Crippen molar-refractivity contribution in [2.24, 2.45) is 11.7 Å². The predicted octanol–water partition coefficient (Wildman–Crippen LogP) is 3.09. The molecule has 0 bridgehead atoms. The molecule has 1 unspecified atom stereocenters. The summed E-state index contributed by atoms with van der Waals surface area (Å²) in [4.78, 5) is 2.06. The number of hydrogen-bond donors (Lipinski definition) is 1. The summed E-state index contributed by atoms with van der Waals surface area (Å²) >= 11 is 0. The van der Waals surface area contributed by atoms with Gasteiger partial charge in [0, 0.05) is 24.7 Å². The number of likely N-dealkylation sites (N-methyl/N-ethyl adjacent to an activating group) is 1. The van der Waals surface area contributed by atoms with Crippen molar-refractivity contribution < 1.29 is 8.78 Å². The normalized spacial score (nSPS) is 18.2. The molecule has 19 heavy (non-hydrogen) atoms. The van der Waals surface area contributed by atoms with Gasteiger partial charge >= 0.3 is 0 Å². The van der Waals surface area contributed by atoms with Crippen molar-refractivity contribution in [1.29, 1.82) is 0 Å². The fourth-order valence-electron chi connectivity index (χ4n) is 3.04. The lowest BCUT2D eigenvalue weighted by molar-refractivity contribution is 0.208. The van der Waals surface area contributed by atoms with Crippen LogP contribution in [-0.4, -0.2) is 25.0 Å². The molecular formula is C15H22F2N2. The monoisotopic (exact) mass is 268 g/mol. The van der Waals surface area contributed by atoms with E-state index in [4.69, 9.17) is 5.73 Å². The highest BCUT2D eigenvalue weighted by molar-refractivity contribution is 5.22. The first kappa shape index (κ1) is 14.4. The van der Waals surface area contributed by atoms with Crippen molar-refractivity contribution in [3.63, 3.8) is 0 Å². The van der Waals surface area contributed by atoms with E-state index in [1.807, 2.05) is 7.05 Å². The van der Waals surface area contributed by atoms with Crippen LogP contribution in [0.2, 0.25) is 0 Å². The second-order valence-electron chi connectivity index (χ2n) is 5.51. The van der Waals surface area contributed by atoms with Gasteiger partial charge in [0.15, 0.2) is 0 Å². The van der Waals surface area contributed by atoms with Gasteiger partial charge in [0.1, 0.15) is 11.6 Å². The Hall–Kier alpha value is -1.00. The minimum absolute atomic E-state index is 0.253. The molecule has 0 heterocycles. The summed E-state index contributed by atoms with van der Waals surface area (Å²) in [5.74, 6) is -0.130. The van der Waals surface area contributed by atoms with Gasteiger partial charge in [-0.3, -0.25) is 4.90 Å². The fourth-order valence-corrected chi connectivity index (χ4v) is 3.04. The number of rotatable bonds is 5. The van der Waals surface area contributed by atoms with Crippen molar-refractivity contribution in [1.82, 2.24) is 4.90 Å². The van der Waals surface area contributed by atoms with E-state index in [2.05, 4.69) is 4.90 Å². The fraction of sp³-hybridized carbons (Fsp3) is 0.600. The largest absolute Gasteiger partial charge is 0.329 e. The van der Waals surface area contributed by atoms with E-state index >= 15 is 0 Å². The van der Waals surface area contributed by atoms with Crippen LogP contribution in [0.15, 0.2) is 18.2 Å². The maximum atomic E-state index is 13.8. The molecule has 4 heteroatoms. The van der Waals surface area contributed by atoms with Crippen LogP contribution in [-0.2, 0) is 0 Å². The molecule has 1 aromatic rings. The summed E-state index contributed by atoms with van der Waals surface area (Å²) in [6, 6.07) is 3.33. The molecule has 1 aliphatic carbocycles. The molecular weight excluding hydrogens is 246 g/mol. The van der Waals surface area contributed by atoms with E-state index in [9.17, 15) is 8.78 Å². The molecule has 2 nitrogen and oxygen atoms in total. The van der Waals surface area contributed by atoms with Crippen LogP contribution in [0.5, 0.6) is 0 Å². The van der Waals surface area contributed by atoms with Crippen LogP contribution >= 0.6 is 0 Å². The van der Waals surface area contributed by atoms with Crippen molar-refractivity contribution in [3.8, 4) is 0 Å². The number of halogens is 2. The van der Waals surface area contributed by atoms with Gasteiger partial charge in [-0.2, -0.15) is 0 Å². The van der Waals surface area contributed by atoms with Gasteiger partial charge in [0.25, 0.3) is 0 Å². The maximum Gasteiger partial charge on any atom is 0.128 e. The summed E-state index contributed by atoms with van der Waals surface area (Å²) in [5, 5.41) is 0. The standard InChI is InChI=1S/C15H22F2N2/c1-19(10-11-4-2-3-5-11)15(9-18)13-8-12(16)6-7-14(13)17/h6-8,11,15H,2-5,9-10,18H2,1H3. The third-order valence-corrected chi connectivity index (χ3v) is 4.09. The van der Waals surface area contributed by atoms with Crippen LogP contribution < -0.4 is 5.73 Å². The zero-order valence-corrected chi connectivity index (χ0v) is 11.4. The Kier molecular flexibility index (Phi) is 4.88. The van der Waals surface area contributed by atoms with Gasteiger partial charge in [-0.15, -0.1) is 0 Å². The van der Waals surface area contributed by atoms with Gasteiger partial charge in [-0.1, -0.05) is 12.8 Å². The zero-order chi connectivity index (χ0) is 13.8. The van der Waals surface area contributed by atoms with Crippen LogP contribution in [0, 0.1) is 17.6 Å². The minimum atomic E-state index is -0.413. The second kappa shape index (κ2) is 6.44. The van der Waals surface area contributed by atoms with E-state index in [1.165, 1.54) is 37.8 Å². The van der Waals surface area contributed by atoms with Gasteiger partial charge in [-0.05, 0) is 44.0 Å². The average molecular weight is 268 g/mol. The molecule has 0 amide bonds. The minimum Gasteiger partial charge on any atom is -0.329 e. The number of nitrogens with zero attached hydrogens (tertiary/aromatic N) is 1. The first-order valence-corrected chi connectivity index (χ1v) is 6.97. The first-order chi connectivity index (χ1) is 9.11. The van der Waals surface area contributed by atoms with Crippen LogP contribution in [0.25, 0.3) is 0 Å². The Bertz CT molecular complexity index is 417. The molecule has 0 aliphatic heterocycles. The van der Waals surface area contributed by atoms with Gasteiger partial charge in [0.05, 0.1) is 0 Å². The Morgan fingerprint density at radius 2 is 2.00 bits per heavy atom. The highest BCUT2D eigenvalue weighted by Gasteiger charge is 2.24. The lowest BCUT2D eigenvalue weighted by atomic mass is 10.0. The van der Waals surface area contributed by atoms with E-state index in [-0.39, 0.29) is 11.9 Å². The molecule has 106 valence electrons. The predicted molar refractivity (Wildman–Crippen MR) is 72.7 cm³/mol. The highest BCUT2D eigenvalue weighted by Crippen LogP contribution is 2.29. The molecule has 1 fully saturated rings. The number of benzene rings is 1. The third kappa shape index (κ3) is 3.51. The summed E-state index contributed by atoms with van der Waals surface area (Å²) in [6.45, 7) is 1.20. The van der Waals surface area contributed by atoms with E-state index in [0.717, 1.165) is 12.6 Å². The molecule has 1 saturated carbocycles. The Morgan fingerprint density at radius 3 is 2.63 bits per heavy atom. The summed E-state index contributed by atoms with van der Waals surface area (Å²) in [5.41, 5.74) is 6.13. The second-order valence-corrected chi connectivity index (χ2v) is 5.51. The summed E-state index contributed by atoms with van der Waals surface area (Å²) < 4.78 is 27.1. The van der Waals surface area contributed by atoms with E-state index in [0.29, 0.717) is 18.0 Å². The lowest BCUT2D eigenvalue weighted by Gasteiger charge is -2.30. The third-order valence-electron chi connectivity index (χ3n) is 4.09. The van der Waals surface area contributed by atoms with Crippen LogP contribution in [0.4, 0.5) is 8.78 Å². The average Bonchev–Trinajstić information content (AvgIpc) is 2.87. The SMILES string of the molecule is CN(CC1CCCC1)C(CN)c1cc(F)ccc1F. The smallest absolute Gasteiger partial charge is 0.128 e. The molecule has 2 N–H and O–H groups in total. The molecule has 1 atom stereocenters. The van der Waals surface area contributed by atoms with Crippen molar-refractivity contribution in [2.45, 2.75) is 31.7 Å². The Balaban J connectivity index is 2.11. The Labute approximate surface area is 113 Å². The Morgan fingerprint density at radius 1 is 1.32 bits per heavy atom. The van der Waals surface area contributed by atoms with Gasteiger partial charge in [0.2, 0.25) is 0 Å². The number of nitrogens with two attached hydrogens (primary N) is 1. The molecule has 2 rings (SSSR count). The van der Waals surface area contributed by atoms with Gasteiger partial charge in [-0.25, -0.2) is 8.78 Å². The topological polar surface area (TPSA) is 29.3 Å². The quantitative estimate of drug-likeness (QED) is 0.889. The van der Waals surface area contributed by atoms with Crippen molar-refractivity contribution >= 4 is 0 Å². The maximum absolute atomic E-state index is 13.8. The van der Waals surface area contributed by atoms with E-state index < -0.39 is 5.82 Å². The summed E-state index contributed by atoms with van der Waals surface area (Å²) in [7, 11) is 1.94. The molecule has 0 aromatic heterocycles. The van der Waals surface area contributed by atoms with Crippen LogP contribution in [0.3, 0.4) is 0 Å². The lowest BCUT2D eigenvalue weighted by Crippen LogP contribution is -2.34. The van der Waals surface area contributed by atoms with Crippen molar-refractivity contribution in [2.75, 3.05) is 20.1 Å². The highest BCUT2D eigenvalue weighted by atomic mass is 19.1. The molecule has 0 radical (unpaired) electrons. The zero-order valence-electron chi connectivity index (χ0n) is 11.4. The molecule has 0 spiro atoms. The summed E-state index contributed by atoms with van der Waals surface area (Å²) in [6.07, 6.45) is 5.01. The molecule has 1 aliphatic rings. The molecule has 0 saturated heterocycles. The van der Waals surface area contributed by atoms with Gasteiger partial charge < -0.3 is 5.73 Å². The molecule has 1 aromatic carbocycles. The van der Waals surface area contributed by atoms with E-state index in [1.54, 1.807) is 0 Å². The van der Waals surface area contributed by atoms with Crippen LogP contribution in [0.1, 0.15) is 37.3 Å². The number of hydrogen-bond acceptors (Lipinski definition) is 2.